The lowest BCUT2D eigenvalue weighted by Gasteiger charge is -2.19. The Bertz CT molecular complexity index is 957. The molecule has 33 heavy (non-hydrogen) atoms. The van der Waals surface area contributed by atoms with Gasteiger partial charge in [-0.1, -0.05) is 92.0 Å². The Hall–Kier alpha value is -3.67. The summed E-state index contributed by atoms with van der Waals surface area (Å²) in [5.41, 5.74) is 4.81. The molecule has 0 aliphatic carbocycles. The van der Waals surface area contributed by atoms with Crippen molar-refractivity contribution in [3.8, 4) is 0 Å². The average molecular weight is 444 g/mol. The van der Waals surface area contributed by atoms with E-state index in [0.717, 1.165) is 22.3 Å². The van der Waals surface area contributed by atoms with Gasteiger partial charge in [-0.05, 0) is 34.4 Å². The molecule has 0 saturated heterocycles. The van der Waals surface area contributed by atoms with E-state index in [0.29, 0.717) is 18.9 Å². The zero-order chi connectivity index (χ0) is 23.3. The third-order valence-corrected chi connectivity index (χ3v) is 4.87. The van der Waals surface area contributed by atoms with Gasteiger partial charge in [-0.2, -0.15) is 0 Å². The third kappa shape index (κ3) is 8.41. The highest BCUT2D eigenvalue weighted by molar-refractivity contribution is 5.84. The summed E-state index contributed by atoms with van der Waals surface area (Å²) in [6.45, 7) is 8.74. The highest BCUT2D eigenvalue weighted by Crippen LogP contribution is 2.11. The molecule has 0 heterocycles. The van der Waals surface area contributed by atoms with Crippen molar-refractivity contribution in [2.24, 2.45) is 0 Å². The van der Waals surface area contributed by atoms with Crippen molar-refractivity contribution in [1.82, 2.24) is 0 Å². The van der Waals surface area contributed by atoms with E-state index in [1.165, 1.54) is 0 Å². The van der Waals surface area contributed by atoms with Crippen LogP contribution >= 0.6 is 0 Å². The van der Waals surface area contributed by atoms with Crippen LogP contribution < -0.4 is 5.32 Å². The number of anilines is 1. The molecule has 0 aliphatic rings. The summed E-state index contributed by atoms with van der Waals surface area (Å²) >= 11 is 0. The molecule has 0 saturated carbocycles. The lowest BCUT2D eigenvalue weighted by atomic mass is 10.1. The molecule has 3 rings (SSSR count). The Labute approximate surface area is 195 Å². The van der Waals surface area contributed by atoms with Gasteiger partial charge in [0.25, 0.3) is 0 Å². The number of carbonyl (C=O) groups excluding carboxylic acids is 1. The van der Waals surface area contributed by atoms with Gasteiger partial charge in [-0.25, -0.2) is 4.79 Å². The predicted octanol–water partition coefficient (Wildman–Crippen LogP) is 6.32. The number of amides is 1. The molecule has 0 unspecified atom stereocenters. The second-order valence-corrected chi connectivity index (χ2v) is 7.44. The number of ether oxygens (including phenoxy) is 3. The molecular weight excluding hydrogens is 414 g/mol. The van der Waals surface area contributed by atoms with Gasteiger partial charge in [-0.3, -0.25) is 5.32 Å². The highest BCUT2D eigenvalue weighted by atomic mass is 16.6. The fourth-order valence-electron chi connectivity index (χ4n) is 3.05. The number of carbonyl (C=O) groups is 1. The molecule has 1 N–H and O–H groups in total. The Morgan fingerprint density at radius 1 is 0.758 bits per heavy atom. The Kier molecular flexibility index (Phi) is 9.45. The molecule has 3 aromatic rings. The standard InChI is InChI=1S/C28H29NO4/c1-3-22-10-14-24(15-11-22)18-31-20-27(33-28(30)29-26-8-6-5-7-9-26)21-32-19-25-16-12-23(4-2)13-17-25/h3-17,27H,1-2,18-21H2,(H,29,30). The molecule has 170 valence electrons. The van der Waals surface area contributed by atoms with Gasteiger partial charge in [0.05, 0.1) is 26.4 Å². The van der Waals surface area contributed by atoms with Gasteiger partial charge in [0.2, 0.25) is 0 Å². The van der Waals surface area contributed by atoms with Gasteiger partial charge in [0.1, 0.15) is 0 Å². The van der Waals surface area contributed by atoms with Gasteiger partial charge in [0, 0.05) is 5.69 Å². The molecule has 1 amide bonds. The van der Waals surface area contributed by atoms with E-state index in [-0.39, 0.29) is 13.2 Å². The van der Waals surface area contributed by atoms with Crippen molar-refractivity contribution < 1.29 is 19.0 Å². The first-order valence-electron chi connectivity index (χ1n) is 10.8. The molecule has 0 atom stereocenters. The van der Waals surface area contributed by atoms with Crippen LogP contribution in [0.25, 0.3) is 12.2 Å². The van der Waals surface area contributed by atoms with E-state index in [2.05, 4.69) is 18.5 Å². The van der Waals surface area contributed by atoms with Crippen molar-refractivity contribution in [2.75, 3.05) is 18.5 Å². The maximum atomic E-state index is 12.4. The van der Waals surface area contributed by atoms with Gasteiger partial charge >= 0.3 is 6.09 Å². The summed E-state index contributed by atoms with van der Waals surface area (Å²) in [7, 11) is 0. The van der Waals surface area contributed by atoms with E-state index in [1.54, 1.807) is 24.3 Å². The molecule has 3 aromatic carbocycles. The van der Waals surface area contributed by atoms with Crippen LogP contribution in [-0.2, 0) is 27.4 Å². The number of benzene rings is 3. The Balaban J connectivity index is 1.53. The molecule has 0 bridgehead atoms. The van der Waals surface area contributed by atoms with Crippen molar-refractivity contribution in [2.45, 2.75) is 19.3 Å². The van der Waals surface area contributed by atoms with E-state index < -0.39 is 12.2 Å². The average Bonchev–Trinajstić information content (AvgIpc) is 2.85. The van der Waals surface area contributed by atoms with Crippen molar-refractivity contribution in [1.29, 1.82) is 0 Å². The number of para-hydroxylation sites is 1. The van der Waals surface area contributed by atoms with Crippen molar-refractivity contribution >= 4 is 23.9 Å². The summed E-state index contributed by atoms with van der Waals surface area (Å²) in [5.74, 6) is 0. The number of hydrogen-bond acceptors (Lipinski definition) is 4. The first kappa shape index (κ1) is 24.0. The molecular formula is C28H29NO4. The molecule has 0 aromatic heterocycles. The van der Waals surface area contributed by atoms with E-state index >= 15 is 0 Å². The first-order valence-corrected chi connectivity index (χ1v) is 10.8. The number of hydrogen-bond donors (Lipinski definition) is 1. The zero-order valence-electron chi connectivity index (χ0n) is 18.6. The Morgan fingerprint density at radius 2 is 1.24 bits per heavy atom. The van der Waals surface area contributed by atoms with E-state index in [9.17, 15) is 4.79 Å². The maximum Gasteiger partial charge on any atom is 0.412 e. The monoisotopic (exact) mass is 443 g/mol. The van der Waals surface area contributed by atoms with Crippen LogP contribution in [-0.4, -0.2) is 25.4 Å². The van der Waals surface area contributed by atoms with Crippen LogP contribution in [0.1, 0.15) is 22.3 Å². The fourth-order valence-corrected chi connectivity index (χ4v) is 3.05. The minimum atomic E-state index is -0.561. The summed E-state index contributed by atoms with van der Waals surface area (Å²) in [6.07, 6.45) is 2.47. The van der Waals surface area contributed by atoms with E-state index in [1.807, 2.05) is 66.7 Å². The smallest absolute Gasteiger partial charge is 0.412 e. The summed E-state index contributed by atoms with van der Waals surface area (Å²) in [6, 6.07) is 25.0. The second kappa shape index (κ2) is 13.0. The predicted molar refractivity (Wildman–Crippen MR) is 133 cm³/mol. The molecule has 5 heteroatoms. The summed E-state index contributed by atoms with van der Waals surface area (Å²) in [5, 5.41) is 2.72. The van der Waals surface area contributed by atoms with Gasteiger partial charge < -0.3 is 14.2 Å². The summed E-state index contributed by atoms with van der Waals surface area (Å²) in [4.78, 5) is 12.4. The minimum absolute atomic E-state index is 0.209. The van der Waals surface area contributed by atoms with Crippen LogP contribution in [0.15, 0.2) is 92.0 Å². The Morgan fingerprint density at radius 3 is 1.70 bits per heavy atom. The molecule has 0 spiro atoms. The fraction of sp³-hybridized carbons (Fsp3) is 0.179. The van der Waals surface area contributed by atoms with Crippen molar-refractivity contribution in [3.05, 3.63) is 114 Å². The van der Waals surface area contributed by atoms with E-state index in [4.69, 9.17) is 14.2 Å². The molecule has 0 aliphatic heterocycles. The molecule has 0 radical (unpaired) electrons. The largest absolute Gasteiger partial charge is 0.441 e. The second-order valence-electron chi connectivity index (χ2n) is 7.44. The SMILES string of the molecule is C=Cc1ccc(COCC(COCc2ccc(C=C)cc2)OC(=O)Nc2ccccc2)cc1. The normalized spacial score (nSPS) is 10.6. The summed E-state index contributed by atoms with van der Waals surface area (Å²) < 4.78 is 17.2. The number of rotatable bonds is 12. The quantitative estimate of drug-likeness (QED) is 0.356. The van der Waals surface area contributed by atoms with Gasteiger partial charge in [0.15, 0.2) is 6.10 Å². The van der Waals surface area contributed by atoms with Crippen LogP contribution in [0.2, 0.25) is 0 Å². The first-order chi connectivity index (χ1) is 16.2. The zero-order valence-corrected chi connectivity index (χ0v) is 18.6. The lowest BCUT2D eigenvalue weighted by Crippen LogP contribution is -2.30. The van der Waals surface area contributed by atoms with Crippen molar-refractivity contribution in [3.63, 3.8) is 0 Å². The lowest BCUT2D eigenvalue weighted by molar-refractivity contribution is -0.0324. The van der Waals surface area contributed by atoms with Crippen LogP contribution in [0, 0.1) is 0 Å². The van der Waals surface area contributed by atoms with Crippen LogP contribution in [0.3, 0.4) is 0 Å². The minimum Gasteiger partial charge on any atom is -0.441 e. The third-order valence-electron chi connectivity index (χ3n) is 4.87. The topological polar surface area (TPSA) is 56.8 Å². The molecule has 5 nitrogen and oxygen atoms in total. The maximum absolute atomic E-state index is 12.4. The number of nitrogens with one attached hydrogen (secondary N) is 1. The van der Waals surface area contributed by atoms with Crippen LogP contribution in [0.4, 0.5) is 10.5 Å². The van der Waals surface area contributed by atoms with Crippen LogP contribution in [0.5, 0.6) is 0 Å². The molecule has 0 fully saturated rings. The highest BCUT2D eigenvalue weighted by Gasteiger charge is 2.16. The van der Waals surface area contributed by atoms with Gasteiger partial charge in [-0.15, -0.1) is 0 Å².